The Morgan fingerprint density at radius 3 is 2.68 bits per heavy atom. The molecular formula is C11H14Cl2N2O4. The van der Waals surface area contributed by atoms with Gasteiger partial charge < -0.3 is 9.47 Å². The molecule has 0 aliphatic carbocycles. The second-order valence-corrected chi connectivity index (χ2v) is 4.48. The molecule has 0 unspecified atom stereocenters. The fraction of sp³-hybridized carbons (Fsp3) is 0.545. The van der Waals surface area contributed by atoms with Crippen LogP contribution in [0.1, 0.15) is 25.7 Å². The molecule has 0 bridgehead atoms. The number of nitrogens with zero attached hydrogens (tertiary/aromatic N) is 1. The van der Waals surface area contributed by atoms with Crippen LogP contribution < -0.4 is 10.3 Å². The van der Waals surface area contributed by atoms with Gasteiger partial charge >= 0.3 is 5.97 Å². The number of esters is 1. The van der Waals surface area contributed by atoms with Crippen LogP contribution in [0, 0.1) is 0 Å². The molecule has 0 fully saturated rings. The molecule has 0 spiro atoms. The first-order valence-corrected chi connectivity index (χ1v) is 6.45. The maximum atomic E-state index is 11.1. The van der Waals surface area contributed by atoms with E-state index in [4.69, 9.17) is 27.9 Å². The summed E-state index contributed by atoms with van der Waals surface area (Å²) < 4.78 is 9.81. The van der Waals surface area contributed by atoms with E-state index in [1.54, 1.807) is 0 Å². The number of carbonyl (C=O) groups excluding carboxylic acids is 1. The van der Waals surface area contributed by atoms with Gasteiger partial charge in [-0.05, 0) is 19.3 Å². The second-order valence-electron chi connectivity index (χ2n) is 3.72. The van der Waals surface area contributed by atoms with Crippen molar-refractivity contribution in [2.24, 2.45) is 0 Å². The number of aromatic nitrogens is 2. The molecule has 106 valence electrons. The lowest BCUT2D eigenvalue weighted by atomic mass is 10.2. The van der Waals surface area contributed by atoms with Crippen LogP contribution in [0.4, 0.5) is 0 Å². The SMILES string of the molecule is COC(=O)CCCCCOc1n[nH]c(=O)c(Cl)c1Cl. The monoisotopic (exact) mass is 308 g/mol. The number of nitrogens with one attached hydrogen (secondary N) is 1. The highest BCUT2D eigenvalue weighted by molar-refractivity contribution is 6.42. The first-order chi connectivity index (χ1) is 9.06. The van der Waals surface area contributed by atoms with Crippen LogP contribution >= 0.6 is 23.2 Å². The maximum Gasteiger partial charge on any atom is 0.305 e. The molecule has 1 rings (SSSR count). The summed E-state index contributed by atoms with van der Waals surface area (Å²) in [5, 5.41) is 5.68. The van der Waals surface area contributed by atoms with Gasteiger partial charge in [-0.25, -0.2) is 5.10 Å². The van der Waals surface area contributed by atoms with E-state index in [1.165, 1.54) is 7.11 Å². The highest BCUT2D eigenvalue weighted by Crippen LogP contribution is 2.25. The molecule has 0 aromatic carbocycles. The standard InChI is InChI=1S/C11H14Cl2N2O4/c1-18-7(16)5-3-2-4-6-19-11-9(13)8(12)10(17)14-15-11/h2-6H2,1H3,(H,14,17). The lowest BCUT2D eigenvalue weighted by molar-refractivity contribution is -0.140. The fourth-order valence-corrected chi connectivity index (χ4v) is 1.61. The van der Waals surface area contributed by atoms with Crippen molar-refractivity contribution in [3.8, 4) is 5.88 Å². The average Bonchev–Trinajstić information content (AvgIpc) is 2.41. The Balaban J connectivity index is 2.29. The molecule has 8 heteroatoms. The van der Waals surface area contributed by atoms with Gasteiger partial charge in [0.25, 0.3) is 11.4 Å². The van der Waals surface area contributed by atoms with E-state index in [9.17, 15) is 9.59 Å². The first kappa shape index (κ1) is 15.8. The zero-order chi connectivity index (χ0) is 14.3. The molecular weight excluding hydrogens is 295 g/mol. The quantitative estimate of drug-likeness (QED) is 0.617. The smallest absolute Gasteiger partial charge is 0.305 e. The van der Waals surface area contributed by atoms with E-state index in [-0.39, 0.29) is 21.9 Å². The van der Waals surface area contributed by atoms with Gasteiger partial charge in [0.2, 0.25) is 0 Å². The molecule has 0 saturated heterocycles. The van der Waals surface area contributed by atoms with Gasteiger partial charge in [0.05, 0.1) is 13.7 Å². The van der Waals surface area contributed by atoms with Crippen molar-refractivity contribution in [1.82, 2.24) is 10.2 Å². The van der Waals surface area contributed by atoms with Gasteiger partial charge in [0.1, 0.15) is 10.0 Å². The van der Waals surface area contributed by atoms with Crippen molar-refractivity contribution in [3.05, 3.63) is 20.4 Å². The number of rotatable bonds is 7. The lowest BCUT2D eigenvalue weighted by Crippen LogP contribution is -2.11. The molecule has 1 aromatic heterocycles. The number of hydrogen-bond donors (Lipinski definition) is 1. The normalized spacial score (nSPS) is 10.3. The predicted octanol–water partition coefficient (Wildman–Crippen LogP) is 2.19. The zero-order valence-corrected chi connectivity index (χ0v) is 11.9. The second kappa shape index (κ2) is 8.01. The van der Waals surface area contributed by atoms with Crippen LogP contribution in [0.15, 0.2) is 4.79 Å². The first-order valence-electron chi connectivity index (χ1n) is 5.69. The van der Waals surface area contributed by atoms with Crippen LogP contribution in [-0.2, 0) is 9.53 Å². The van der Waals surface area contributed by atoms with Gasteiger partial charge in [-0.15, -0.1) is 5.10 Å². The average molecular weight is 309 g/mol. The molecule has 1 aromatic rings. The van der Waals surface area contributed by atoms with E-state index in [1.807, 2.05) is 0 Å². The number of hydrogen-bond acceptors (Lipinski definition) is 5. The summed E-state index contributed by atoms with van der Waals surface area (Å²) in [6.07, 6.45) is 2.65. The van der Waals surface area contributed by atoms with Gasteiger partial charge in [-0.1, -0.05) is 23.2 Å². The van der Waals surface area contributed by atoms with Crippen molar-refractivity contribution in [2.45, 2.75) is 25.7 Å². The predicted molar refractivity (Wildman–Crippen MR) is 70.9 cm³/mol. The van der Waals surface area contributed by atoms with E-state index in [2.05, 4.69) is 14.9 Å². The minimum atomic E-state index is -0.558. The Morgan fingerprint density at radius 1 is 1.26 bits per heavy atom. The van der Waals surface area contributed by atoms with Gasteiger partial charge in [-0.2, -0.15) is 0 Å². The summed E-state index contributed by atoms with van der Waals surface area (Å²) in [6, 6.07) is 0. The largest absolute Gasteiger partial charge is 0.476 e. The number of ether oxygens (including phenoxy) is 2. The molecule has 6 nitrogen and oxygen atoms in total. The number of carbonyl (C=O) groups is 1. The van der Waals surface area contributed by atoms with E-state index in [0.29, 0.717) is 13.0 Å². The molecule has 0 saturated carbocycles. The lowest BCUT2D eigenvalue weighted by Gasteiger charge is -2.06. The Hall–Kier alpha value is -1.27. The third-order valence-corrected chi connectivity index (χ3v) is 3.14. The van der Waals surface area contributed by atoms with Crippen LogP contribution in [-0.4, -0.2) is 29.9 Å². The molecule has 1 heterocycles. The molecule has 0 aliphatic heterocycles. The summed E-state index contributed by atoms with van der Waals surface area (Å²) in [6.45, 7) is 0.371. The fourth-order valence-electron chi connectivity index (χ4n) is 1.31. The van der Waals surface area contributed by atoms with Gasteiger partial charge in [-0.3, -0.25) is 9.59 Å². The van der Waals surface area contributed by atoms with Crippen molar-refractivity contribution >= 4 is 29.2 Å². The summed E-state index contributed by atoms with van der Waals surface area (Å²) in [7, 11) is 1.36. The number of H-pyrrole nitrogens is 1. The number of aromatic amines is 1. The van der Waals surface area contributed by atoms with Crippen molar-refractivity contribution < 1.29 is 14.3 Å². The molecule has 0 atom stereocenters. The molecule has 0 radical (unpaired) electrons. The van der Waals surface area contributed by atoms with E-state index >= 15 is 0 Å². The number of unbranched alkanes of at least 4 members (excludes halogenated alkanes) is 2. The van der Waals surface area contributed by atoms with Crippen molar-refractivity contribution in [2.75, 3.05) is 13.7 Å². The van der Waals surface area contributed by atoms with Crippen LogP contribution in [0.3, 0.4) is 0 Å². The third-order valence-electron chi connectivity index (χ3n) is 2.33. The highest BCUT2D eigenvalue weighted by Gasteiger charge is 2.11. The van der Waals surface area contributed by atoms with Crippen LogP contribution in [0.25, 0.3) is 0 Å². The Morgan fingerprint density at radius 2 is 2.00 bits per heavy atom. The third kappa shape index (κ3) is 5.08. The van der Waals surface area contributed by atoms with Crippen molar-refractivity contribution in [1.29, 1.82) is 0 Å². The number of halogens is 2. The molecule has 19 heavy (non-hydrogen) atoms. The summed E-state index contributed by atoms with van der Waals surface area (Å²) in [4.78, 5) is 21.9. The topological polar surface area (TPSA) is 81.3 Å². The Bertz CT molecular complexity index is 490. The maximum absolute atomic E-state index is 11.1. The Labute approximate surface area is 120 Å². The number of methoxy groups -OCH3 is 1. The van der Waals surface area contributed by atoms with Crippen LogP contribution in [0.5, 0.6) is 5.88 Å². The highest BCUT2D eigenvalue weighted by atomic mass is 35.5. The van der Waals surface area contributed by atoms with E-state index in [0.717, 1.165) is 19.3 Å². The summed E-state index contributed by atoms with van der Waals surface area (Å²) >= 11 is 11.4. The van der Waals surface area contributed by atoms with Crippen molar-refractivity contribution in [3.63, 3.8) is 0 Å². The summed E-state index contributed by atoms with van der Waals surface area (Å²) in [5.74, 6) is -0.128. The van der Waals surface area contributed by atoms with Gasteiger partial charge in [0.15, 0.2) is 0 Å². The van der Waals surface area contributed by atoms with E-state index < -0.39 is 5.56 Å². The zero-order valence-electron chi connectivity index (χ0n) is 10.4. The van der Waals surface area contributed by atoms with Gasteiger partial charge in [0, 0.05) is 6.42 Å². The van der Waals surface area contributed by atoms with Crippen LogP contribution in [0.2, 0.25) is 10.0 Å². The minimum Gasteiger partial charge on any atom is -0.476 e. The minimum absolute atomic E-state index is 0.0000209. The molecule has 0 amide bonds. The Kier molecular flexibility index (Phi) is 6.66. The molecule has 1 N–H and O–H groups in total. The molecule has 0 aliphatic rings. The summed E-state index contributed by atoms with van der Waals surface area (Å²) in [5.41, 5.74) is -0.558.